The van der Waals surface area contributed by atoms with E-state index in [4.69, 9.17) is 4.42 Å². The number of hydrazine groups is 2. The average molecular weight is 460 g/mol. The summed E-state index contributed by atoms with van der Waals surface area (Å²) in [7, 11) is 0. The molecule has 9 heteroatoms. The SMILES string of the molecule is O=C(CCCN1C[C@@H](c2coc3cc(O)c(C(=O)O)cc23)NN1)Nc1cccc2ccccc12. The molecule has 0 bridgehead atoms. The van der Waals surface area contributed by atoms with Crippen molar-refractivity contribution in [3.63, 3.8) is 0 Å². The number of hydrogen-bond donors (Lipinski definition) is 5. The van der Waals surface area contributed by atoms with Gasteiger partial charge in [-0.25, -0.2) is 15.2 Å². The van der Waals surface area contributed by atoms with Crippen LogP contribution in [0.2, 0.25) is 0 Å². The molecular formula is C25H24N4O5. The first-order chi connectivity index (χ1) is 16.5. The summed E-state index contributed by atoms with van der Waals surface area (Å²) < 4.78 is 5.52. The second-order valence-corrected chi connectivity index (χ2v) is 8.29. The molecule has 34 heavy (non-hydrogen) atoms. The standard InChI is InChI=1S/C25H24N4O5/c30-22-12-23-17(11-18(22)25(32)33)19(14-34-23)21-13-29(28-27-21)10-4-9-24(31)26-20-8-3-6-15-5-1-2-7-16(15)20/h1-3,5-8,11-12,14,21,27-28,30H,4,9-10,13H2,(H,26,31)(H,32,33)/t21-/m0/s1. The molecule has 9 nitrogen and oxygen atoms in total. The number of rotatable bonds is 7. The molecule has 0 radical (unpaired) electrons. The number of hydrogen-bond acceptors (Lipinski definition) is 7. The molecular weight excluding hydrogens is 436 g/mol. The molecule has 174 valence electrons. The number of anilines is 1. The minimum Gasteiger partial charge on any atom is -0.507 e. The van der Waals surface area contributed by atoms with Crippen molar-refractivity contribution in [2.24, 2.45) is 0 Å². The van der Waals surface area contributed by atoms with Crippen LogP contribution in [0.15, 0.2) is 65.3 Å². The Morgan fingerprint density at radius 3 is 2.79 bits per heavy atom. The topological polar surface area (TPSA) is 127 Å². The minimum atomic E-state index is -1.20. The number of nitrogens with zero attached hydrogens (tertiary/aromatic N) is 1. The fourth-order valence-corrected chi connectivity index (χ4v) is 4.31. The van der Waals surface area contributed by atoms with Crippen molar-refractivity contribution in [3.8, 4) is 5.75 Å². The van der Waals surface area contributed by atoms with Gasteiger partial charge in [-0.2, -0.15) is 5.53 Å². The summed E-state index contributed by atoms with van der Waals surface area (Å²) in [6.45, 7) is 1.24. The van der Waals surface area contributed by atoms with Crippen LogP contribution in [-0.4, -0.2) is 40.2 Å². The van der Waals surface area contributed by atoms with Gasteiger partial charge >= 0.3 is 5.97 Å². The highest BCUT2D eigenvalue weighted by Gasteiger charge is 2.27. The lowest BCUT2D eigenvalue weighted by atomic mass is 10.0. The highest BCUT2D eigenvalue weighted by molar-refractivity contribution is 6.02. The maximum absolute atomic E-state index is 12.5. The van der Waals surface area contributed by atoms with Crippen LogP contribution in [0.1, 0.15) is 34.8 Å². The van der Waals surface area contributed by atoms with Gasteiger partial charge in [0.25, 0.3) is 0 Å². The van der Waals surface area contributed by atoms with Gasteiger partial charge in [-0.15, -0.1) is 0 Å². The average Bonchev–Trinajstić information content (AvgIpc) is 3.45. The predicted molar refractivity (Wildman–Crippen MR) is 127 cm³/mol. The second-order valence-electron chi connectivity index (χ2n) is 8.29. The fourth-order valence-electron chi connectivity index (χ4n) is 4.31. The van der Waals surface area contributed by atoms with E-state index in [1.165, 1.54) is 12.1 Å². The lowest BCUT2D eigenvalue weighted by molar-refractivity contribution is -0.116. The quantitative estimate of drug-likeness (QED) is 0.282. The Kier molecular flexibility index (Phi) is 5.89. The summed E-state index contributed by atoms with van der Waals surface area (Å²) >= 11 is 0. The Hall–Kier alpha value is -3.92. The molecule has 1 saturated heterocycles. The van der Waals surface area contributed by atoms with Crippen LogP contribution in [0.3, 0.4) is 0 Å². The van der Waals surface area contributed by atoms with Crippen molar-refractivity contribution in [3.05, 3.63) is 72.0 Å². The Labute approximate surface area is 194 Å². The molecule has 1 aromatic heterocycles. The lowest BCUT2D eigenvalue weighted by Gasteiger charge is -2.14. The van der Waals surface area contributed by atoms with E-state index in [-0.39, 0.29) is 23.3 Å². The van der Waals surface area contributed by atoms with Crippen LogP contribution >= 0.6 is 0 Å². The third kappa shape index (κ3) is 4.32. The smallest absolute Gasteiger partial charge is 0.339 e. The minimum absolute atomic E-state index is 0.0399. The predicted octanol–water partition coefficient (Wildman–Crippen LogP) is 3.77. The van der Waals surface area contributed by atoms with Crippen LogP contribution in [0.4, 0.5) is 5.69 Å². The van der Waals surface area contributed by atoms with Crippen molar-refractivity contribution in [1.29, 1.82) is 0 Å². The second kappa shape index (κ2) is 9.14. The van der Waals surface area contributed by atoms with Gasteiger partial charge in [0.05, 0.1) is 12.3 Å². The van der Waals surface area contributed by atoms with Crippen LogP contribution in [0.25, 0.3) is 21.7 Å². The number of fused-ring (bicyclic) bond motifs is 2. The Bertz CT molecular complexity index is 1380. The number of carbonyl (C=O) groups is 2. The molecule has 1 atom stereocenters. The third-order valence-corrected chi connectivity index (χ3v) is 6.02. The molecule has 5 N–H and O–H groups in total. The largest absolute Gasteiger partial charge is 0.507 e. The zero-order valence-electron chi connectivity index (χ0n) is 18.2. The lowest BCUT2D eigenvalue weighted by Crippen LogP contribution is -2.36. The number of carbonyl (C=O) groups excluding carboxylic acids is 1. The zero-order valence-corrected chi connectivity index (χ0v) is 18.2. The van der Waals surface area contributed by atoms with Gasteiger partial charge < -0.3 is 19.9 Å². The first-order valence-corrected chi connectivity index (χ1v) is 11.0. The van der Waals surface area contributed by atoms with Gasteiger partial charge in [0.1, 0.15) is 16.9 Å². The zero-order chi connectivity index (χ0) is 23.7. The number of aromatic hydroxyl groups is 1. The van der Waals surface area contributed by atoms with Crippen LogP contribution < -0.4 is 16.3 Å². The number of aromatic carboxylic acids is 1. The number of carboxylic acid groups (broad SMARTS) is 1. The molecule has 1 aliphatic rings. The Balaban J connectivity index is 1.17. The summed E-state index contributed by atoms with van der Waals surface area (Å²) in [4.78, 5) is 23.9. The van der Waals surface area contributed by atoms with Crippen molar-refractivity contribution in [2.75, 3.05) is 18.4 Å². The van der Waals surface area contributed by atoms with Gasteiger partial charge in [-0.05, 0) is 23.9 Å². The van der Waals surface area contributed by atoms with Crippen LogP contribution in [0.5, 0.6) is 5.75 Å². The van der Waals surface area contributed by atoms with E-state index in [1.807, 2.05) is 47.5 Å². The molecule has 0 aliphatic carbocycles. The summed E-state index contributed by atoms with van der Waals surface area (Å²) in [5.74, 6) is -1.57. The molecule has 5 rings (SSSR count). The van der Waals surface area contributed by atoms with E-state index in [2.05, 4.69) is 16.3 Å². The van der Waals surface area contributed by atoms with Crippen molar-refractivity contribution >= 4 is 39.3 Å². The number of nitrogens with one attached hydrogen (secondary N) is 3. The van der Waals surface area contributed by atoms with E-state index in [0.717, 1.165) is 22.0 Å². The van der Waals surface area contributed by atoms with Gasteiger partial charge in [0.15, 0.2) is 0 Å². The summed E-state index contributed by atoms with van der Waals surface area (Å²) in [5, 5.41) is 26.9. The number of phenols is 1. The summed E-state index contributed by atoms with van der Waals surface area (Å²) in [5.41, 5.74) is 8.12. The van der Waals surface area contributed by atoms with Crippen molar-refractivity contribution in [2.45, 2.75) is 18.9 Å². The molecule has 1 fully saturated rings. The Morgan fingerprint density at radius 1 is 1.12 bits per heavy atom. The first kappa shape index (κ1) is 21.9. The van der Waals surface area contributed by atoms with E-state index in [1.54, 1.807) is 6.26 Å². The van der Waals surface area contributed by atoms with E-state index < -0.39 is 5.97 Å². The fraction of sp³-hybridized carbons (Fsp3) is 0.200. The summed E-state index contributed by atoms with van der Waals surface area (Å²) in [6, 6.07) is 16.4. The molecule has 0 saturated carbocycles. The maximum atomic E-state index is 12.5. The van der Waals surface area contributed by atoms with Crippen molar-refractivity contribution in [1.82, 2.24) is 16.0 Å². The number of benzene rings is 3. The summed E-state index contributed by atoms with van der Waals surface area (Å²) in [6.07, 6.45) is 2.60. The van der Waals surface area contributed by atoms with Gasteiger partial charge in [-0.3, -0.25) is 4.79 Å². The molecule has 1 amide bonds. The molecule has 3 aromatic carbocycles. The van der Waals surface area contributed by atoms with Gasteiger partial charge in [0.2, 0.25) is 5.91 Å². The number of amides is 1. The Morgan fingerprint density at radius 2 is 1.94 bits per heavy atom. The molecule has 4 aromatic rings. The van der Waals surface area contributed by atoms with Gasteiger partial charge in [0, 0.05) is 47.6 Å². The molecule has 1 aliphatic heterocycles. The third-order valence-electron chi connectivity index (χ3n) is 6.02. The van der Waals surface area contributed by atoms with E-state index >= 15 is 0 Å². The molecule has 0 spiro atoms. The number of carboxylic acids is 1. The normalized spacial score (nSPS) is 16.3. The molecule has 2 heterocycles. The van der Waals surface area contributed by atoms with E-state index in [0.29, 0.717) is 36.9 Å². The van der Waals surface area contributed by atoms with Crippen LogP contribution in [-0.2, 0) is 4.79 Å². The van der Waals surface area contributed by atoms with Crippen molar-refractivity contribution < 1.29 is 24.2 Å². The molecule has 0 unspecified atom stereocenters. The monoisotopic (exact) mass is 460 g/mol. The van der Waals surface area contributed by atoms with Gasteiger partial charge in [-0.1, -0.05) is 36.4 Å². The van der Waals surface area contributed by atoms with E-state index in [9.17, 15) is 19.8 Å². The highest BCUT2D eigenvalue weighted by atomic mass is 16.4. The van der Waals surface area contributed by atoms with Crippen LogP contribution in [0, 0.1) is 0 Å². The number of furan rings is 1. The first-order valence-electron chi connectivity index (χ1n) is 11.0. The highest BCUT2D eigenvalue weighted by Crippen LogP contribution is 2.33. The maximum Gasteiger partial charge on any atom is 0.339 e.